The summed E-state index contributed by atoms with van der Waals surface area (Å²) in [5.41, 5.74) is 2.97. The van der Waals surface area contributed by atoms with E-state index in [1.54, 1.807) is 6.07 Å². The zero-order chi connectivity index (χ0) is 13.1. The quantitative estimate of drug-likeness (QED) is 0.639. The summed E-state index contributed by atoms with van der Waals surface area (Å²) < 4.78 is 32.4. The fourth-order valence-electron chi connectivity index (χ4n) is 2.37. The van der Waals surface area contributed by atoms with Crippen LogP contribution in [0, 0.1) is 11.6 Å². The van der Waals surface area contributed by atoms with Crippen LogP contribution in [0.5, 0.6) is 0 Å². The fourth-order valence-corrected chi connectivity index (χ4v) is 2.37. The maximum atomic E-state index is 13.6. The molecular weight excluding hydrogens is 238 g/mol. The van der Waals surface area contributed by atoms with E-state index >= 15 is 0 Å². The van der Waals surface area contributed by atoms with Gasteiger partial charge in [0.15, 0.2) is 11.6 Å². The molecule has 3 unspecified atom stereocenters. The lowest BCUT2D eigenvalue weighted by molar-refractivity contribution is 0.0318. The molecule has 0 aromatic heterocycles. The summed E-state index contributed by atoms with van der Waals surface area (Å²) in [5.74, 6) is 3.86. The highest BCUT2D eigenvalue weighted by atomic mass is 19.2. The molecule has 2 rings (SSSR count). The van der Waals surface area contributed by atoms with Crippen LogP contribution >= 0.6 is 0 Å². The summed E-state index contributed by atoms with van der Waals surface area (Å²) in [6.45, 7) is 2.00. The van der Waals surface area contributed by atoms with E-state index in [2.05, 4.69) is 5.43 Å². The van der Waals surface area contributed by atoms with Crippen molar-refractivity contribution in [3.8, 4) is 0 Å². The summed E-state index contributed by atoms with van der Waals surface area (Å²) in [7, 11) is 0. The summed E-state index contributed by atoms with van der Waals surface area (Å²) >= 11 is 0. The van der Waals surface area contributed by atoms with Crippen molar-refractivity contribution in [3.05, 3.63) is 35.4 Å². The minimum atomic E-state index is -0.830. The van der Waals surface area contributed by atoms with Crippen LogP contribution in [0.2, 0.25) is 0 Å². The van der Waals surface area contributed by atoms with Crippen LogP contribution in [0.3, 0.4) is 0 Å². The SMILES string of the molecule is CC1CCC(C(Cc2cccc(F)c2F)NN)O1. The molecule has 0 spiro atoms. The number of hydrogen-bond donors (Lipinski definition) is 2. The summed E-state index contributed by atoms with van der Waals surface area (Å²) in [6, 6.07) is 3.98. The summed E-state index contributed by atoms with van der Waals surface area (Å²) in [5, 5.41) is 0. The number of halogens is 2. The van der Waals surface area contributed by atoms with E-state index in [-0.39, 0.29) is 18.2 Å². The van der Waals surface area contributed by atoms with Gasteiger partial charge in [-0.3, -0.25) is 11.3 Å². The first-order valence-electron chi connectivity index (χ1n) is 6.16. The average molecular weight is 256 g/mol. The zero-order valence-corrected chi connectivity index (χ0v) is 10.3. The molecule has 18 heavy (non-hydrogen) atoms. The van der Waals surface area contributed by atoms with Gasteiger partial charge < -0.3 is 4.74 Å². The van der Waals surface area contributed by atoms with Gasteiger partial charge in [-0.2, -0.15) is 0 Å². The van der Waals surface area contributed by atoms with Crippen molar-refractivity contribution in [3.63, 3.8) is 0 Å². The van der Waals surface area contributed by atoms with E-state index in [0.717, 1.165) is 18.9 Å². The number of ether oxygens (including phenoxy) is 1. The molecule has 3 nitrogen and oxygen atoms in total. The Bertz CT molecular complexity index is 414. The fraction of sp³-hybridized carbons (Fsp3) is 0.538. The Morgan fingerprint density at radius 3 is 2.83 bits per heavy atom. The van der Waals surface area contributed by atoms with Gasteiger partial charge in [-0.15, -0.1) is 0 Å². The second-order valence-electron chi connectivity index (χ2n) is 4.75. The molecule has 0 radical (unpaired) electrons. The van der Waals surface area contributed by atoms with E-state index in [1.165, 1.54) is 6.07 Å². The maximum Gasteiger partial charge on any atom is 0.162 e. The van der Waals surface area contributed by atoms with Gasteiger partial charge in [0.05, 0.1) is 18.2 Å². The number of rotatable bonds is 4. The van der Waals surface area contributed by atoms with Crippen LogP contribution < -0.4 is 11.3 Å². The van der Waals surface area contributed by atoms with Crippen LogP contribution in [-0.2, 0) is 11.2 Å². The van der Waals surface area contributed by atoms with Gasteiger partial charge in [0.1, 0.15) is 0 Å². The molecule has 1 heterocycles. The summed E-state index contributed by atoms with van der Waals surface area (Å²) in [4.78, 5) is 0. The van der Waals surface area contributed by atoms with Crippen LogP contribution in [0.15, 0.2) is 18.2 Å². The highest BCUT2D eigenvalue weighted by Crippen LogP contribution is 2.24. The van der Waals surface area contributed by atoms with Gasteiger partial charge in [0.25, 0.3) is 0 Å². The molecular formula is C13H18F2N2O. The topological polar surface area (TPSA) is 47.3 Å². The van der Waals surface area contributed by atoms with E-state index in [4.69, 9.17) is 10.6 Å². The van der Waals surface area contributed by atoms with Gasteiger partial charge in [0, 0.05) is 0 Å². The van der Waals surface area contributed by atoms with E-state index in [0.29, 0.717) is 12.0 Å². The van der Waals surface area contributed by atoms with Crippen molar-refractivity contribution in [1.29, 1.82) is 0 Å². The first-order chi connectivity index (χ1) is 8.61. The molecule has 0 bridgehead atoms. The van der Waals surface area contributed by atoms with Gasteiger partial charge in [-0.25, -0.2) is 8.78 Å². The Labute approximate surface area is 105 Å². The third-order valence-electron chi connectivity index (χ3n) is 3.40. The molecule has 1 aromatic rings. The molecule has 1 saturated heterocycles. The average Bonchev–Trinajstić information content (AvgIpc) is 2.78. The van der Waals surface area contributed by atoms with E-state index < -0.39 is 11.6 Å². The van der Waals surface area contributed by atoms with Crippen LogP contribution in [-0.4, -0.2) is 18.2 Å². The van der Waals surface area contributed by atoms with Crippen LogP contribution in [0.4, 0.5) is 8.78 Å². The molecule has 0 saturated carbocycles. The molecule has 1 aliphatic rings. The van der Waals surface area contributed by atoms with E-state index in [1.807, 2.05) is 6.92 Å². The molecule has 0 aliphatic carbocycles. The lowest BCUT2D eigenvalue weighted by Crippen LogP contribution is -2.45. The number of benzene rings is 1. The van der Waals surface area contributed by atoms with Crippen molar-refractivity contribution in [2.75, 3.05) is 0 Å². The Morgan fingerprint density at radius 1 is 1.44 bits per heavy atom. The second-order valence-corrected chi connectivity index (χ2v) is 4.75. The van der Waals surface area contributed by atoms with Crippen LogP contribution in [0.1, 0.15) is 25.3 Å². The normalized spacial score (nSPS) is 25.3. The molecule has 100 valence electrons. The highest BCUT2D eigenvalue weighted by Gasteiger charge is 2.29. The number of hydrazine groups is 1. The summed E-state index contributed by atoms with van der Waals surface area (Å²) in [6.07, 6.45) is 2.31. The largest absolute Gasteiger partial charge is 0.374 e. The van der Waals surface area contributed by atoms with Crippen molar-refractivity contribution in [2.24, 2.45) is 5.84 Å². The molecule has 1 aliphatic heterocycles. The van der Waals surface area contributed by atoms with Crippen molar-refractivity contribution in [1.82, 2.24) is 5.43 Å². The van der Waals surface area contributed by atoms with Gasteiger partial charge in [0.2, 0.25) is 0 Å². The molecule has 3 N–H and O–H groups in total. The minimum Gasteiger partial charge on any atom is -0.374 e. The maximum absolute atomic E-state index is 13.6. The smallest absolute Gasteiger partial charge is 0.162 e. The highest BCUT2D eigenvalue weighted by molar-refractivity contribution is 5.20. The monoisotopic (exact) mass is 256 g/mol. The third-order valence-corrected chi connectivity index (χ3v) is 3.40. The molecule has 1 fully saturated rings. The van der Waals surface area contributed by atoms with Gasteiger partial charge in [-0.1, -0.05) is 12.1 Å². The Morgan fingerprint density at radius 2 is 2.22 bits per heavy atom. The van der Waals surface area contributed by atoms with Gasteiger partial charge in [-0.05, 0) is 37.8 Å². The second kappa shape index (κ2) is 5.73. The standard InChI is InChI=1S/C13H18F2N2O/c1-8-5-6-12(18-8)11(17-16)7-9-3-2-4-10(14)13(9)15/h2-4,8,11-12,17H,5-7,16H2,1H3. The number of hydrogen-bond acceptors (Lipinski definition) is 3. The van der Waals surface area contributed by atoms with Crippen molar-refractivity contribution >= 4 is 0 Å². The minimum absolute atomic E-state index is 0.0485. The van der Waals surface area contributed by atoms with Crippen LogP contribution in [0.25, 0.3) is 0 Å². The Balaban J connectivity index is 2.08. The molecule has 5 heteroatoms. The third kappa shape index (κ3) is 2.85. The zero-order valence-electron chi connectivity index (χ0n) is 10.3. The molecule has 0 amide bonds. The lowest BCUT2D eigenvalue weighted by atomic mass is 9.99. The predicted octanol–water partition coefficient (Wildman–Crippen LogP) is 1.91. The van der Waals surface area contributed by atoms with Crippen molar-refractivity contribution in [2.45, 2.75) is 44.4 Å². The number of nitrogens with two attached hydrogens (primary N) is 1. The molecule has 1 aromatic carbocycles. The number of nitrogens with one attached hydrogen (secondary N) is 1. The van der Waals surface area contributed by atoms with Crippen molar-refractivity contribution < 1.29 is 13.5 Å². The Hall–Kier alpha value is -1.04. The predicted molar refractivity (Wildman–Crippen MR) is 64.7 cm³/mol. The first-order valence-corrected chi connectivity index (χ1v) is 6.16. The Kier molecular flexibility index (Phi) is 4.27. The molecule has 3 atom stereocenters. The first kappa shape index (κ1) is 13.4. The van der Waals surface area contributed by atoms with E-state index in [9.17, 15) is 8.78 Å². The van der Waals surface area contributed by atoms with Gasteiger partial charge >= 0.3 is 0 Å². The lowest BCUT2D eigenvalue weighted by Gasteiger charge is -2.23.